The second-order valence-corrected chi connectivity index (χ2v) is 6.18. The van der Waals surface area contributed by atoms with Gasteiger partial charge in [0.1, 0.15) is 5.82 Å². The smallest absolute Gasteiger partial charge is 0.120 e. The number of rotatable bonds is 5. The molecule has 1 aliphatic heterocycles. The lowest BCUT2D eigenvalue weighted by atomic mass is 9.78. The van der Waals surface area contributed by atoms with Crippen LogP contribution < -0.4 is 0 Å². The molecule has 2 N–H and O–H groups in total. The van der Waals surface area contributed by atoms with Crippen LogP contribution >= 0.6 is 0 Å². The molecule has 1 saturated heterocycles. The molecule has 5 heteroatoms. The number of aryl methyl sites for hydroxylation is 1. The van der Waals surface area contributed by atoms with Gasteiger partial charge in [0.2, 0.25) is 0 Å². The summed E-state index contributed by atoms with van der Waals surface area (Å²) in [6, 6.07) is 0. The maximum atomic E-state index is 9.71. The first-order valence-corrected chi connectivity index (χ1v) is 7.01. The van der Waals surface area contributed by atoms with Crippen molar-refractivity contribution in [2.45, 2.75) is 26.3 Å². The third-order valence-corrected chi connectivity index (χ3v) is 4.03. The average Bonchev–Trinajstić information content (AvgIpc) is 2.77. The molecule has 5 nitrogen and oxygen atoms in total. The number of H-pyrrole nitrogens is 1. The molecule has 0 spiro atoms. The van der Waals surface area contributed by atoms with Gasteiger partial charge >= 0.3 is 0 Å². The van der Waals surface area contributed by atoms with Gasteiger partial charge in [-0.25, -0.2) is 4.98 Å². The highest BCUT2D eigenvalue weighted by molar-refractivity contribution is 4.99. The van der Waals surface area contributed by atoms with Crippen molar-refractivity contribution in [1.29, 1.82) is 0 Å². The Kier molecular flexibility index (Phi) is 4.60. The van der Waals surface area contributed by atoms with E-state index in [1.165, 1.54) is 0 Å². The van der Waals surface area contributed by atoms with Crippen molar-refractivity contribution in [3.05, 3.63) is 17.7 Å². The second-order valence-electron chi connectivity index (χ2n) is 6.18. The lowest BCUT2D eigenvalue weighted by Crippen LogP contribution is -2.46. The molecule has 0 radical (unpaired) electrons. The molecule has 1 aromatic rings. The van der Waals surface area contributed by atoms with Crippen LogP contribution in [0, 0.1) is 12.3 Å². The van der Waals surface area contributed by atoms with Crippen LogP contribution in [0.4, 0.5) is 0 Å². The molecule has 2 rings (SSSR count). The number of imidazole rings is 1. The number of likely N-dealkylation sites (tertiary alicyclic amines) is 1. The van der Waals surface area contributed by atoms with Gasteiger partial charge < -0.3 is 15.0 Å². The van der Waals surface area contributed by atoms with E-state index in [0.717, 1.165) is 50.5 Å². The van der Waals surface area contributed by atoms with Crippen molar-refractivity contribution < 1.29 is 5.11 Å². The standard InChI is InChI=1S/C14H26N4O/c1-12-8-15-13(16-12)9-18-6-4-14(11-19,5-7-18)10-17(2)3/h8,19H,4-7,9-11H2,1-3H3,(H,15,16). The van der Waals surface area contributed by atoms with E-state index in [4.69, 9.17) is 0 Å². The van der Waals surface area contributed by atoms with E-state index in [1.807, 2.05) is 13.1 Å². The molecule has 0 aromatic carbocycles. The van der Waals surface area contributed by atoms with Crippen molar-refractivity contribution in [3.8, 4) is 0 Å². The zero-order valence-corrected chi connectivity index (χ0v) is 12.3. The predicted octanol–water partition coefficient (Wildman–Crippen LogP) is 0.854. The normalized spacial score (nSPS) is 20.1. The summed E-state index contributed by atoms with van der Waals surface area (Å²) in [5.41, 5.74) is 1.20. The number of nitrogens with one attached hydrogen (secondary N) is 1. The number of piperidine rings is 1. The maximum absolute atomic E-state index is 9.71. The van der Waals surface area contributed by atoms with E-state index in [-0.39, 0.29) is 5.41 Å². The summed E-state index contributed by atoms with van der Waals surface area (Å²) in [6.45, 7) is 6.25. The van der Waals surface area contributed by atoms with Crippen molar-refractivity contribution >= 4 is 0 Å². The molecule has 2 heterocycles. The summed E-state index contributed by atoms with van der Waals surface area (Å²) in [4.78, 5) is 12.2. The van der Waals surface area contributed by atoms with E-state index in [1.54, 1.807) is 0 Å². The SMILES string of the molecule is Cc1cnc(CN2CCC(CO)(CN(C)C)CC2)[nH]1. The Hall–Kier alpha value is -0.910. The molecule has 1 fully saturated rings. The number of aliphatic hydroxyl groups excluding tert-OH is 1. The van der Waals surface area contributed by atoms with E-state index >= 15 is 0 Å². The summed E-state index contributed by atoms with van der Waals surface area (Å²) in [7, 11) is 4.16. The van der Waals surface area contributed by atoms with Crippen molar-refractivity contribution in [3.63, 3.8) is 0 Å². The van der Waals surface area contributed by atoms with Gasteiger partial charge in [0.15, 0.2) is 0 Å². The van der Waals surface area contributed by atoms with Gasteiger partial charge in [-0.05, 0) is 47.0 Å². The van der Waals surface area contributed by atoms with Gasteiger partial charge in [-0.3, -0.25) is 4.90 Å². The highest BCUT2D eigenvalue weighted by Crippen LogP contribution is 2.31. The minimum atomic E-state index is 0.0824. The lowest BCUT2D eigenvalue weighted by molar-refractivity contribution is 0.0212. The number of aromatic amines is 1. The van der Waals surface area contributed by atoms with Crippen LogP contribution in [-0.4, -0.2) is 65.2 Å². The molecule has 19 heavy (non-hydrogen) atoms. The topological polar surface area (TPSA) is 55.4 Å². The van der Waals surface area contributed by atoms with Crippen LogP contribution in [0.15, 0.2) is 6.20 Å². The molecule has 108 valence electrons. The van der Waals surface area contributed by atoms with Gasteiger partial charge in [-0.1, -0.05) is 0 Å². The highest BCUT2D eigenvalue weighted by Gasteiger charge is 2.34. The van der Waals surface area contributed by atoms with E-state index in [0.29, 0.717) is 6.61 Å². The van der Waals surface area contributed by atoms with E-state index < -0.39 is 0 Å². The molecule has 0 bridgehead atoms. The van der Waals surface area contributed by atoms with E-state index in [9.17, 15) is 5.11 Å². The van der Waals surface area contributed by atoms with Crippen molar-refractivity contribution in [1.82, 2.24) is 19.8 Å². The molecule has 0 atom stereocenters. The fourth-order valence-corrected chi connectivity index (χ4v) is 2.98. The van der Waals surface area contributed by atoms with Crippen LogP contribution in [0.3, 0.4) is 0 Å². The van der Waals surface area contributed by atoms with Gasteiger partial charge in [-0.15, -0.1) is 0 Å². The number of aliphatic hydroxyl groups is 1. The van der Waals surface area contributed by atoms with Gasteiger partial charge in [0.05, 0.1) is 13.2 Å². The Morgan fingerprint density at radius 2 is 2.11 bits per heavy atom. The average molecular weight is 266 g/mol. The fourth-order valence-electron chi connectivity index (χ4n) is 2.98. The molecular formula is C14H26N4O. The Bertz CT molecular complexity index is 394. The Balaban J connectivity index is 1.87. The summed E-state index contributed by atoms with van der Waals surface area (Å²) in [5.74, 6) is 1.04. The minimum Gasteiger partial charge on any atom is -0.396 e. The van der Waals surface area contributed by atoms with Gasteiger partial charge in [0.25, 0.3) is 0 Å². The van der Waals surface area contributed by atoms with Crippen LogP contribution in [0.2, 0.25) is 0 Å². The van der Waals surface area contributed by atoms with Crippen molar-refractivity contribution in [2.75, 3.05) is 40.3 Å². The second kappa shape index (κ2) is 6.03. The summed E-state index contributed by atoms with van der Waals surface area (Å²) in [6.07, 6.45) is 3.99. The third-order valence-electron chi connectivity index (χ3n) is 4.03. The highest BCUT2D eigenvalue weighted by atomic mass is 16.3. The Morgan fingerprint density at radius 3 is 2.58 bits per heavy atom. The zero-order chi connectivity index (χ0) is 13.9. The monoisotopic (exact) mass is 266 g/mol. The molecule has 1 aliphatic rings. The predicted molar refractivity (Wildman–Crippen MR) is 75.9 cm³/mol. The first-order chi connectivity index (χ1) is 9.03. The molecule has 0 amide bonds. The Morgan fingerprint density at radius 1 is 1.42 bits per heavy atom. The molecule has 1 aromatic heterocycles. The van der Waals surface area contributed by atoms with Gasteiger partial charge in [0, 0.05) is 23.9 Å². The molecule has 0 saturated carbocycles. The first-order valence-electron chi connectivity index (χ1n) is 7.01. The molecule has 0 aliphatic carbocycles. The lowest BCUT2D eigenvalue weighted by Gasteiger charge is -2.42. The van der Waals surface area contributed by atoms with Crippen LogP contribution in [0.1, 0.15) is 24.4 Å². The summed E-state index contributed by atoms with van der Waals surface area (Å²) < 4.78 is 0. The van der Waals surface area contributed by atoms with E-state index in [2.05, 4.69) is 33.9 Å². The first kappa shape index (κ1) is 14.5. The van der Waals surface area contributed by atoms with Crippen LogP contribution in [0.5, 0.6) is 0 Å². The fraction of sp³-hybridized carbons (Fsp3) is 0.786. The van der Waals surface area contributed by atoms with Crippen molar-refractivity contribution in [2.24, 2.45) is 5.41 Å². The number of hydrogen-bond donors (Lipinski definition) is 2. The Labute approximate surface area is 115 Å². The largest absolute Gasteiger partial charge is 0.396 e. The summed E-state index contributed by atoms with van der Waals surface area (Å²) in [5, 5.41) is 9.71. The quantitative estimate of drug-likeness (QED) is 0.830. The van der Waals surface area contributed by atoms with Crippen LogP contribution in [0.25, 0.3) is 0 Å². The van der Waals surface area contributed by atoms with Gasteiger partial charge in [-0.2, -0.15) is 0 Å². The molecule has 0 unspecified atom stereocenters. The number of nitrogens with zero attached hydrogens (tertiary/aromatic N) is 3. The number of aromatic nitrogens is 2. The summed E-state index contributed by atoms with van der Waals surface area (Å²) >= 11 is 0. The maximum Gasteiger partial charge on any atom is 0.120 e. The molecular weight excluding hydrogens is 240 g/mol. The third kappa shape index (κ3) is 3.78. The zero-order valence-electron chi connectivity index (χ0n) is 12.3. The number of hydrogen-bond acceptors (Lipinski definition) is 4. The van der Waals surface area contributed by atoms with Crippen LogP contribution in [-0.2, 0) is 6.54 Å². The minimum absolute atomic E-state index is 0.0824.